The predicted octanol–water partition coefficient (Wildman–Crippen LogP) is 4.72. The second-order valence-electron chi connectivity index (χ2n) is 5.72. The van der Waals surface area contributed by atoms with E-state index in [1.807, 2.05) is 43.4 Å². The average Bonchev–Trinajstić information content (AvgIpc) is 3.18. The van der Waals surface area contributed by atoms with Gasteiger partial charge in [-0.3, -0.25) is 4.79 Å². The number of carbonyl (C=O) groups is 1. The van der Waals surface area contributed by atoms with Crippen molar-refractivity contribution >= 4 is 39.7 Å². The van der Waals surface area contributed by atoms with E-state index in [4.69, 9.17) is 17.3 Å². The molecule has 0 bridgehead atoms. The zero-order valence-corrected chi connectivity index (χ0v) is 14.9. The first-order valence-corrected chi connectivity index (χ1v) is 8.85. The van der Waals surface area contributed by atoms with Crippen LogP contribution < -0.4 is 5.73 Å². The molecule has 4 aromatic rings. The van der Waals surface area contributed by atoms with Crippen molar-refractivity contribution in [1.82, 2.24) is 9.55 Å². The van der Waals surface area contributed by atoms with E-state index in [-0.39, 0.29) is 0 Å². The summed E-state index contributed by atoms with van der Waals surface area (Å²) in [5, 5.41) is 2.08. The molecule has 0 fully saturated rings. The van der Waals surface area contributed by atoms with E-state index in [0.29, 0.717) is 10.0 Å². The third-order valence-electron chi connectivity index (χ3n) is 4.14. The number of aryl methyl sites for hydroxylation is 1. The summed E-state index contributed by atoms with van der Waals surface area (Å²) in [5.41, 5.74) is 9.22. The molecule has 4 nitrogen and oxygen atoms in total. The van der Waals surface area contributed by atoms with Gasteiger partial charge in [0.15, 0.2) is 5.01 Å². The number of thiazole rings is 1. The highest BCUT2D eigenvalue weighted by atomic mass is 35.5. The number of nitrogens with two attached hydrogens (primary N) is 1. The second-order valence-corrected chi connectivity index (χ2v) is 7.15. The quantitative estimate of drug-likeness (QED) is 0.569. The topological polar surface area (TPSA) is 60.9 Å². The van der Waals surface area contributed by atoms with Crippen molar-refractivity contribution in [3.8, 4) is 21.8 Å². The average molecular weight is 368 g/mol. The molecule has 25 heavy (non-hydrogen) atoms. The molecule has 0 aliphatic heterocycles. The molecule has 6 heteroatoms. The van der Waals surface area contributed by atoms with Gasteiger partial charge in [0, 0.05) is 28.5 Å². The molecule has 0 atom stereocenters. The van der Waals surface area contributed by atoms with Crippen LogP contribution in [0.15, 0.2) is 54.6 Å². The number of aromatic nitrogens is 2. The minimum Gasteiger partial charge on any atom is -0.364 e. The van der Waals surface area contributed by atoms with Gasteiger partial charge in [0.2, 0.25) is 0 Å². The van der Waals surface area contributed by atoms with E-state index in [1.54, 1.807) is 0 Å². The van der Waals surface area contributed by atoms with Crippen molar-refractivity contribution < 1.29 is 4.79 Å². The third kappa shape index (κ3) is 2.71. The first-order chi connectivity index (χ1) is 12.0. The number of halogens is 1. The second kappa shape index (κ2) is 6.02. The van der Waals surface area contributed by atoms with Crippen molar-refractivity contribution in [2.45, 2.75) is 0 Å². The molecule has 124 valence electrons. The maximum atomic E-state index is 11.7. The molecule has 2 aromatic carbocycles. The van der Waals surface area contributed by atoms with Gasteiger partial charge in [-0.2, -0.15) is 0 Å². The highest BCUT2D eigenvalue weighted by Crippen LogP contribution is 2.39. The third-order valence-corrected chi connectivity index (χ3v) is 5.48. The monoisotopic (exact) mass is 367 g/mol. The van der Waals surface area contributed by atoms with E-state index in [2.05, 4.69) is 27.8 Å². The Morgan fingerprint density at radius 3 is 2.56 bits per heavy atom. The summed E-state index contributed by atoms with van der Waals surface area (Å²) in [5.74, 6) is -0.523. The lowest BCUT2D eigenvalue weighted by Gasteiger charge is -2.05. The molecule has 0 aliphatic rings. The maximum absolute atomic E-state index is 11.7. The number of para-hydroxylation sites is 1. The van der Waals surface area contributed by atoms with Crippen LogP contribution in [-0.2, 0) is 7.05 Å². The van der Waals surface area contributed by atoms with Crippen LogP contribution in [0.5, 0.6) is 0 Å². The Bertz CT molecular complexity index is 1100. The number of primary amides is 1. The molecule has 0 radical (unpaired) electrons. The molecule has 1 amide bonds. The largest absolute Gasteiger partial charge is 0.364 e. The fraction of sp³-hybridized carbons (Fsp3) is 0.0526. The number of benzene rings is 2. The summed E-state index contributed by atoms with van der Waals surface area (Å²) < 4.78 is 2.10. The first kappa shape index (κ1) is 15.9. The van der Waals surface area contributed by atoms with Crippen LogP contribution in [0.2, 0.25) is 5.02 Å². The van der Waals surface area contributed by atoms with E-state index < -0.39 is 5.91 Å². The van der Waals surface area contributed by atoms with Gasteiger partial charge in [-0.05, 0) is 24.3 Å². The Hall–Kier alpha value is -2.63. The van der Waals surface area contributed by atoms with Crippen molar-refractivity contribution in [3.63, 3.8) is 0 Å². The van der Waals surface area contributed by atoms with Crippen LogP contribution in [0, 0.1) is 0 Å². The highest BCUT2D eigenvalue weighted by Gasteiger charge is 2.20. The van der Waals surface area contributed by atoms with Gasteiger partial charge < -0.3 is 10.3 Å². The van der Waals surface area contributed by atoms with E-state index in [9.17, 15) is 4.79 Å². The number of amides is 1. The summed E-state index contributed by atoms with van der Waals surface area (Å²) in [6.07, 6.45) is 0. The Kier molecular flexibility index (Phi) is 3.82. The Labute approximate surface area is 153 Å². The number of nitrogens with zero attached hydrogens (tertiary/aromatic N) is 2. The van der Waals surface area contributed by atoms with Crippen molar-refractivity contribution in [2.75, 3.05) is 0 Å². The van der Waals surface area contributed by atoms with Crippen LogP contribution in [0.25, 0.3) is 32.7 Å². The summed E-state index contributed by atoms with van der Waals surface area (Å²) >= 11 is 7.30. The lowest BCUT2D eigenvalue weighted by molar-refractivity contribution is 0.1000. The molecule has 2 N–H and O–H groups in total. The van der Waals surface area contributed by atoms with Crippen LogP contribution >= 0.6 is 22.9 Å². The molecule has 0 unspecified atom stereocenters. The van der Waals surface area contributed by atoms with E-state index in [0.717, 1.165) is 32.7 Å². The number of fused-ring (bicyclic) bond motifs is 1. The summed E-state index contributed by atoms with van der Waals surface area (Å²) in [4.78, 5) is 17.1. The van der Waals surface area contributed by atoms with E-state index >= 15 is 0 Å². The van der Waals surface area contributed by atoms with Crippen molar-refractivity contribution in [1.29, 1.82) is 0 Å². The summed E-state index contributed by atoms with van der Waals surface area (Å²) in [7, 11) is 2.01. The lowest BCUT2D eigenvalue weighted by atomic mass is 10.1. The minimum atomic E-state index is -0.523. The molecule has 0 aliphatic carbocycles. The Morgan fingerprint density at radius 1 is 1.16 bits per heavy atom. The molecule has 0 saturated heterocycles. The number of hydrogen-bond donors (Lipinski definition) is 1. The van der Waals surface area contributed by atoms with Gasteiger partial charge in [-0.15, -0.1) is 11.3 Å². The highest BCUT2D eigenvalue weighted by molar-refractivity contribution is 7.17. The van der Waals surface area contributed by atoms with Crippen LogP contribution in [0.4, 0.5) is 0 Å². The smallest absolute Gasteiger partial charge is 0.277 e. The summed E-state index contributed by atoms with van der Waals surface area (Å²) in [6, 6.07) is 17.7. The van der Waals surface area contributed by atoms with Crippen LogP contribution in [0.3, 0.4) is 0 Å². The van der Waals surface area contributed by atoms with Gasteiger partial charge in [0.1, 0.15) is 0 Å². The Balaban J connectivity index is 1.98. The zero-order valence-electron chi connectivity index (χ0n) is 13.4. The molecule has 2 heterocycles. The van der Waals surface area contributed by atoms with E-state index in [1.165, 1.54) is 11.3 Å². The molecular weight excluding hydrogens is 354 g/mol. The standard InChI is InChI=1S/C19H14ClN3OS/c1-23-14-5-3-2-4-12(14)10-15(23)17-16(22-19(25-17)18(21)24)11-6-8-13(20)9-7-11/h2-10H,1H3,(H2,21,24). The number of rotatable bonds is 3. The van der Waals surface area contributed by atoms with Crippen LogP contribution in [-0.4, -0.2) is 15.5 Å². The van der Waals surface area contributed by atoms with Crippen LogP contribution in [0.1, 0.15) is 9.80 Å². The fourth-order valence-electron chi connectivity index (χ4n) is 2.91. The van der Waals surface area contributed by atoms with Gasteiger partial charge in [0.25, 0.3) is 5.91 Å². The molecule has 0 saturated carbocycles. The maximum Gasteiger partial charge on any atom is 0.277 e. The van der Waals surface area contributed by atoms with Gasteiger partial charge >= 0.3 is 0 Å². The van der Waals surface area contributed by atoms with Gasteiger partial charge in [-0.25, -0.2) is 4.98 Å². The lowest BCUT2D eigenvalue weighted by Crippen LogP contribution is -2.10. The normalized spacial score (nSPS) is 11.1. The van der Waals surface area contributed by atoms with Gasteiger partial charge in [-0.1, -0.05) is 41.9 Å². The number of carbonyl (C=O) groups excluding carboxylic acids is 1. The SMILES string of the molecule is Cn1c(-c2sc(C(N)=O)nc2-c2ccc(Cl)cc2)cc2ccccc21. The predicted molar refractivity (Wildman–Crippen MR) is 103 cm³/mol. The molecule has 0 spiro atoms. The molecular formula is C19H14ClN3OS. The minimum absolute atomic E-state index is 0.296. The fourth-order valence-corrected chi connectivity index (χ4v) is 4.03. The molecule has 4 rings (SSSR count). The zero-order chi connectivity index (χ0) is 17.6. The first-order valence-electron chi connectivity index (χ1n) is 7.66. The summed E-state index contributed by atoms with van der Waals surface area (Å²) in [6.45, 7) is 0. The van der Waals surface area contributed by atoms with Crippen molar-refractivity contribution in [3.05, 3.63) is 64.6 Å². The number of hydrogen-bond acceptors (Lipinski definition) is 3. The van der Waals surface area contributed by atoms with Gasteiger partial charge in [0.05, 0.1) is 16.3 Å². The van der Waals surface area contributed by atoms with Crippen molar-refractivity contribution in [2.24, 2.45) is 12.8 Å². The Morgan fingerprint density at radius 2 is 1.88 bits per heavy atom. The molecule has 2 aromatic heterocycles.